The fraction of sp³-hybridized carbons (Fsp3) is 0.944. The normalized spacial score (nSPS) is 13.5. The van der Waals surface area contributed by atoms with Crippen LogP contribution in [-0.2, 0) is 42.7 Å². The molecule has 0 bridgehead atoms. The zero-order valence-electron chi connectivity index (χ0n) is 30.1. The smallest absolute Gasteiger partial charge is 0.306 e. The molecular weight excluding hydrogens is 592 g/mol. The van der Waals surface area contributed by atoms with Crippen LogP contribution in [0.3, 0.4) is 0 Å². The van der Waals surface area contributed by atoms with Crippen molar-refractivity contribution >= 4 is 11.9 Å². The summed E-state index contributed by atoms with van der Waals surface area (Å²) in [5.74, 6) is 2.17. The summed E-state index contributed by atoms with van der Waals surface area (Å²) < 4.78 is 37.0. The average molecular weight is 663 g/mol. The first-order chi connectivity index (χ1) is 22.2. The predicted molar refractivity (Wildman–Crippen MR) is 181 cm³/mol. The summed E-state index contributed by atoms with van der Waals surface area (Å²) in [7, 11) is 0. The molecule has 3 atom stereocenters. The van der Waals surface area contributed by atoms with Gasteiger partial charge in [0.05, 0.1) is 92.1 Å². The van der Waals surface area contributed by atoms with Gasteiger partial charge in [-0.15, -0.1) is 0 Å². The zero-order valence-corrected chi connectivity index (χ0v) is 30.1. The highest BCUT2D eigenvalue weighted by atomic mass is 16.6. The van der Waals surface area contributed by atoms with Gasteiger partial charge < -0.3 is 38.3 Å². The van der Waals surface area contributed by atoms with Crippen molar-refractivity contribution in [2.45, 2.75) is 112 Å². The summed E-state index contributed by atoms with van der Waals surface area (Å²) in [6.07, 6.45) is 12.6. The molecule has 0 aromatic rings. The molecule has 0 spiro atoms. The molecule has 0 saturated heterocycles. The molecule has 274 valence electrons. The lowest BCUT2D eigenvalue weighted by Crippen LogP contribution is -2.16. The minimum absolute atomic E-state index is 0.00857. The van der Waals surface area contributed by atoms with Crippen LogP contribution in [0.1, 0.15) is 112 Å². The van der Waals surface area contributed by atoms with Crippen molar-refractivity contribution in [3.8, 4) is 0 Å². The quantitative estimate of drug-likeness (QED) is 0.0604. The Hall–Kier alpha value is -1.30. The van der Waals surface area contributed by atoms with Gasteiger partial charge in [-0.25, -0.2) is 0 Å². The highest BCUT2D eigenvalue weighted by Crippen LogP contribution is 2.22. The van der Waals surface area contributed by atoms with Crippen LogP contribution in [0, 0.1) is 23.7 Å². The highest BCUT2D eigenvalue weighted by Gasteiger charge is 2.11. The summed E-state index contributed by atoms with van der Waals surface area (Å²) in [6.45, 7) is 16.3. The standard InChI is InChI=1S/C36H70O10/c1-31(2)9-6-10-32(3)11-7-12-33(4)13-8-14-34(5)17-19-45-35(38)15-16-36(39)46-30-29-44-28-27-43-26-25-42-24-23-41-22-21-40-20-18-37/h31-34,37H,6-30H2,1-5H3/t32-,33-,34?/m1/s1. The fourth-order valence-electron chi connectivity index (χ4n) is 4.92. The minimum Gasteiger partial charge on any atom is -0.466 e. The van der Waals surface area contributed by atoms with Gasteiger partial charge in [-0.1, -0.05) is 92.4 Å². The van der Waals surface area contributed by atoms with E-state index in [4.69, 9.17) is 38.3 Å². The maximum absolute atomic E-state index is 12.0. The summed E-state index contributed by atoms with van der Waals surface area (Å²) >= 11 is 0. The van der Waals surface area contributed by atoms with Crippen molar-refractivity contribution in [2.75, 3.05) is 85.9 Å². The Bertz CT molecular complexity index is 675. The molecule has 0 aliphatic rings. The maximum Gasteiger partial charge on any atom is 0.306 e. The Kier molecular flexibility index (Phi) is 32.6. The van der Waals surface area contributed by atoms with Crippen LogP contribution in [0.4, 0.5) is 0 Å². The second-order valence-electron chi connectivity index (χ2n) is 13.0. The lowest BCUT2D eigenvalue weighted by atomic mass is 9.91. The zero-order chi connectivity index (χ0) is 34.1. The van der Waals surface area contributed by atoms with E-state index < -0.39 is 5.97 Å². The fourth-order valence-corrected chi connectivity index (χ4v) is 4.92. The third-order valence-electron chi connectivity index (χ3n) is 7.89. The molecule has 0 aliphatic carbocycles. The summed E-state index contributed by atoms with van der Waals surface area (Å²) in [4.78, 5) is 23.9. The maximum atomic E-state index is 12.0. The van der Waals surface area contributed by atoms with Gasteiger partial charge in [-0.05, 0) is 30.1 Å². The van der Waals surface area contributed by atoms with Crippen LogP contribution >= 0.6 is 0 Å². The topological polar surface area (TPSA) is 119 Å². The molecule has 0 rings (SSSR count). The molecule has 0 aromatic heterocycles. The molecule has 1 unspecified atom stereocenters. The monoisotopic (exact) mass is 662 g/mol. The summed E-state index contributed by atoms with van der Waals surface area (Å²) in [5.41, 5.74) is 0. The number of esters is 2. The van der Waals surface area contributed by atoms with E-state index in [0.29, 0.717) is 72.0 Å². The van der Waals surface area contributed by atoms with Gasteiger partial charge in [-0.3, -0.25) is 9.59 Å². The predicted octanol–water partition coefficient (Wildman–Crippen LogP) is 6.39. The molecule has 1 N–H and O–H groups in total. The molecule has 46 heavy (non-hydrogen) atoms. The number of hydrogen-bond donors (Lipinski definition) is 1. The Balaban J connectivity index is 3.50. The van der Waals surface area contributed by atoms with E-state index in [1.165, 1.54) is 51.4 Å². The van der Waals surface area contributed by atoms with Gasteiger partial charge in [0, 0.05) is 0 Å². The Labute approximate surface area is 280 Å². The largest absolute Gasteiger partial charge is 0.466 e. The van der Waals surface area contributed by atoms with Crippen LogP contribution in [0.2, 0.25) is 0 Å². The van der Waals surface area contributed by atoms with Gasteiger partial charge in [0.1, 0.15) is 6.61 Å². The SMILES string of the molecule is CC(C)CCC[C@@H](C)CCC[C@@H](C)CCCC(C)CCOC(=O)CCC(=O)OCCOCCOCCOCCOCCOCCO. The van der Waals surface area contributed by atoms with E-state index in [2.05, 4.69) is 34.6 Å². The van der Waals surface area contributed by atoms with Crippen LogP contribution in [0.25, 0.3) is 0 Å². The third-order valence-corrected chi connectivity index (χ3v) is 7.89. The number of carbonyl (C=O) groups is 2. The number of aliphatic hydroxyl groups excluding tert-OH is 1. The van der Waals surface area contributed by atoms with Gasteiger partial charge in [-0.2, -0.15) is 0 Å². The van der Waals surface area contributed by atoms with Crippen molar-refractivity contribution in [1.29, 1.82) is 0 Å². The second-order valence-corrected chi connectivity index (χ2v) is 13.0. The van der Waals surface area contributed by atoms with Crippen molar-refractivity contribution in [2.24, 2.45) is 23.7 Å². The number of hydrogen-bond acceptors (Lipinski definition) is 10. The van der Waals surface area contributed by atoms with E-state index in [1.807, 2.05) is 0 Å². The highest BCUT2D eigenvalue weighted by molar-refractivity contribution is 5.77. The lowest BCUT2D eigenvalue weighted by molar-refractivity contribution is -0.151. The molecule has 0 saturated carbocycles. The number of rotatable bonds is 35. The van der Waals surface area contributed by atoms with Crippen LogP contribution in [0.15, 0.2) is 0 Å². The first kappa shape index (κ1) is 44.7. The van der Waals surface area contributed by atoms with Gasteiger partial charge >= 0.3 is 11.9 Å². The first-order valence-corrected chi connectivity index (χ1v) is 18.0. The van der Waals surface area contributed by atoms with Crippen molar-refractivity contribution in [1.82, 2.24) is 0 Å². The van der Waals surface area contributed by atoms with E-state index in [0.717, 1.165) is 30.6 Å². The molecule has 10 nitrogen and oxygen atoms in total. The number of ether oxygens (including phenoxy) is 7. The number of aliphatic hydroxyl groups is 1. The molecule has 10 heteroatoms. The van der Waals surface area contributed by atoms with E-state index in [9.17, 15) is 9.59 Å². The molecule has 0 aromatic carbocycles. The third kappa shape index (κ3) is 34.0. The second kappa shape index (κ2) is 33.6. The average Bonchev–Trinajstić information content (AvgIpc) is 3.01. The molecule has 0 fully saturated rings. The first-order valence-electron chi connectivity index (χ1n) is 18.0. The minimum atomic E-state index is -0.432. The summed E-state index contributed by atoms with van der Waals surface area (Å²) in [5, 5.41) is 8.59. The molecule has 0 radical (unpaired) electrons. The van der Waals surface area contributed by atoms with Crippen LogP contribution in [-0.4, -0.2) is 103 Å². The molecule has 0 amide bonds. The van der Waals surface area contributed by atoms with Gasteiger partial charge in [0.15, 0.2) is 0 Å². The Morgan fingerprint density at radius 2 is 0.761 bits per heavy atom. The Morgan fingerprint density at radius 3 is 1.15 bits per heavy atom. The molecule has 0 heterocycles. The van der Waals surface area contributed by atoms with Crippen molar-refractivity contribution in [3.05, 3.63) is 0 Å². The molecule has 0 aliphatic heterocycles. The van der Waals surface area contributed by atoms with E-state index in [-0.39, 0.29) is 38.6 Å². The van der Waals surface area contributed by atoms with E-state index in [1.54, 1.807) is 0 Å². The van der Waals surface area contributed by atoms with Crippen molar-refractivity contribution in [3.63, 3.8) is 0 Å². The van der Waals surface area contributed by atoms with Crippen molar-refractivity contribution < 1.29 is 47.9 Å². The summed E-state index contributed by atoms with van der Waals surface area (Å²) in [6, 6.07) is 0. The lowest BCUT2D eigenvalue weighted by Gasteiger charge is -2.16. The Morgan fingerprint density at radius 1 is 0.435 bits per heavy atom. The van der Waals surface area contributed by atoms with Crippen LogP contribution in [0.5, 0.6) is 0 Å². The number of carbonyl (C=O) groups excluding carboxylic acids is 2. The van der Waals surface area contributed by atoms with E-state index >= 15 is 0 Å². The molecular formula is C36H70O10. The van der Waals surface area contributed by atoms with Gasteiger partial charge in [0.25, 0.3) is 0 Å². The van der Waals surface area contributed by atoms with Gasteiger partial charge in [0.2, 0.25) is 0 Å². The van der Waals surface area contributed by atoms with Crippen LogP contribution < -0.4 is 0 Å².